The van der Waals surface area contributed by atoms with Crippen LogP contribution >= 0.6 is 0 Å². The maximum atomic E-state index is 12.2. The van der Waals surface area contributed by atoms with Crippen molar-refractivity contribution in [3.63, 3.8) is 0 Å². The van der Waals surface area contributed by atoms with Crippen LogP contribution in [0.3, 0.4) is 0 Å². The predicted octanol–water partition coefficient (Wildman–Crippen LogP) is 4.78. The third kappa shape index (κ3) is 8.50. The minimum absolute atomic E-state index is 0.101. The minimum atomic E-state index is -0.677. The number of amides is 2. The second-order valence-corrected chi connectivity index (χ2v) is 8.20. The summed E-state index contributed by atoms with van der Waals surface area (Å²) in [5.41, 5.74) is 3.64. The SMILES string of the molecule is COC(=O)c1ccc(NC(=O)COC(=O)CCC(=O)Nc2ccc(Oc3ccc(C)c(C)c3)cc2)cc1. The monoisotopic (exact) mass is 504 g/mol. The number of anilines is 2. The van der Waals surface area contributed by atoms with Gasteiger partial charge in [-0.15, -0.1) is 0 Å². The first-order valence-corrected chi connectivity index (χ1v) is 11.5. The number of aryl methyl sites for hydroxylation is 2. The van der Waals surface area contributed by atoms with Gasteiger partial charge in [0, 0.05) is 17.8 Å². The molecule has 3 aromatic carbocycles. The van der Waals surface area contributed by atoms with Crippen molar-refractivity contribution in [1.82, 2.24) is 0 Å². The predicted molar refractivity (Wildman–Crippen MR) is 138 cm³/mol. The van der Waals surface area contributed by atoms with Gasteiger partial charge in [0.25, 0.3) is 5.91 Å². The van der Waals surface area contributed by atoms with Gasteiger partial charge in [0.1, 0.15) is 11.5 Å². The first-order chi connectivity index (χ1) is 17.7. The summed E-state index contributed by atoms with van der Waals surface area (Å²) in [5, 5.41) is 5.25. The number of benzene rings is 3. The Morgan fingerprint density at radius 1 is 0.703 bits per heavy atom. The summed E-state index contributed by atoms with van der Waals surface area (Å²) >= 11 is 0. The van der Waals surface area contributed by atoms with Gasteiger partial charge in [-0.3, -0.25) is 14.4 Å². The lowest BCUT2D eigenvalue weighted by Crippen LogP contribution is -2.21. The van der Waals surface area contributed by atoms with Gasteiger partial charge in [0.15, 0.2) is 6.61 Å². The molecule has 9 nitrogen and oxygen atoms in total. The molecule has 0 aliphatic carbocycles. The zero-order valence-corrected chi connectivity index (χ0v) is 20.8. The summed E-state index contributed by atoms with van der Waals surface area (Å²) in [6.45, 7) is 3.55. The van der Waals surface area contributed by atoms with Gasteiger partial charge >= 0.3 is 11.9 Å². The highest BCUT2D eigenvalue weighted by Gasteiger charge is 2.12. The number of rotatable bonds is 10. The van der Waals surface area contributed by atoms with Crippen molar-refractivity contribution in [3.05, 3.63) is 83.4 Å². The van der Waals surface area contributed by atoms with Gasteiger partial charge in [0.05, 0.1) is 19.1 Å². The average molecular weight is 505 g/mol. The molecule has 3 aromatic rings. The summed E-state index contributed by atoms with van der Waals surface area (Å²) in [4.78, 5) is 47.5. The molecule has 0 atom stereocenters. The van der Waals surface area contributed by atoms with Gasteiger partial charge in [-0.2, -0.15) is 0 Å². The standard InChI is InChI=1S/C28H28N2O7/c1-18-4-11-24(16-19(18)2)37-23-12-9-22(10-13-23)29-25(31)14-15-27(33)36-17-26(32)30-21-7-5-20(6-8-21)28(34)35-3/h4-13,16H,14-15,17H2,1-3H3,(H,29,31)(H,30,32). The van der Waals surface area contributed by atoms with Crippen molar-refractivity contribution in [3.8, 4) is 11.5 Å². The van der Waals surface area contributed by atoms with Crippen LogP contribution in [0.25, 0.3) is 0 Å². The summed E-state index contributed by atoms with van der Waals surface area (Å²) in [7, 11) is 1.27. The van der Waals surface area contributed by atoms with E-state index >= 15 is 0 Å². The van der Waals surface area contributed by atoms with E-state index < -0.39 is 24.5 Å². The molecule has 0 radical (unpaired) electrons. The second-order valence-electron chi connectivity index (χ2n) is 8.20. The summed E-state index contributed by atoms with van der Waals surface area (Å²) in [5.74, 6) is -0.730. The van der Waals surface area contributed by atoms with E-state index in [0.717, 1.165) is 11.3 Å². The minimum Gasteiger partial charge on any atom is -0.465 e. The molecule has 3 rings (SSSR count). The van der Waals surface area contributed by atoms with Crippen LogP contribution in [0, 0.1) is 13.8 Å². The van der Waals surface area contributed by atoms with Crippen molar-refractivity contribution < 1.29 is 33.4 Å². The Balaban J connectivity index is 1.36. The largest absolute Gasteiger partial charge is 0.465 e. The quantitative estimate of drug-likeness (QED) is 0.381. The lowest BCUT2D eigenvalue weighted by atomic mass is 10.1. The van der Waals surface area contributed by atoms with Crippen LogP contribution in [0.2, 0.25) is 0 Å². The number of hydrogen-bond donors (Lipinski definition) is 2. The fourth-order valence-electron chi connectivity index (χ4n) is 3.18. The molecule has 0 fully saturated rings. The van der Waals surface area contributed by atoms with Gasteiger partial charge in [0.2, 0.25) is 5.91 Å². The van der Waals surface area contributed by atoms with Crippen LogP contribution in [-0.4, -0.2) is 37.5 Å². The Morgan fingerprint density at radius 3 is 1.92 bits per heavy atom. The highest BCUT2D eigenvalue weighted by Crippen LogP contribution is 2.25. The Labute approximate surface area is 214 Å². The molecule has 0 saturated carbocycles. The van der Waals surface area contributed by atoms with E-state index in [1.807, 2.05) is 32.0 Å². The molecule has 0 heterocycles. The van der Waals surface area contributed by atoms with Gasteiger partial charge < -0.3 is 24.8 Å². The van der Waals surface area contributed by atoms with Crippen molar-refractivity contribution in [2.45, 2.75) is 26.7 Å². The number of carbonyl (C=O) groups is 4. The first kappa shape index (κ1) is 26.9. The van der Waals surface area contributed by atoms with Crippen LogP contribution in [0.4, 0.5) is 11.4 Å². The fourth-order valence-corrected chi connectivity index (χ4v) is 3.18. The number of hydrogen-bond acceptors (Lipinski definition) is 7. The Morgan fingerprint density at radius 2 is 1.30 bits per heavy atom. The van der Waals surface area contributed by atoms with E-state index in [2.05, 4.69) is 15.4 Å². The summed E-state index contributed by atoms with van der Waals surface area (Å²) < 4.78 is 15.4. The lowest BCUT2D eigenvalue weighted by Gasteiger charge is -2.10. The molecule has 0 spiro atoms. The van der Waals surface area contributed by atoms with Crippen molar-refractivity contribution in [2.24, 2.45) is 0 Å². The highest BCUT2D eigenvalue weighted by atomic mass is 16.5. The molecule has 2 amide bonds. The van der Waals surface area contributed by atoms with Crippen LogP contribution in [0.5, 0.6) is 11.5 Å². The second kappa shape index (κ2) is 12.9. The average Bonchev–Trinajstić information content (AvgIpc) is 2.89. The Hall–Kier alpha value is -4.66. The maximum Gasteiger partial charge on any atom is 0.337 e. The number of esters is 2. The van der Waals surface area contributed by atoms with Crippen LogP contribution in [-0.2, 0) is 23.9 Å². The summed E-state index contributed by atoms with van der Waals surface area (Å²) in [6, 6.07) is 18.8. The lowest BCUT2D eigenvalue weighted by molar-refractivity contribution is -0.147. The highest BCUT2D eigenvalue weighted by molar-refractivity contribution is 5.95. The number of nitrogens with one attached hydrogen (secondary N) is 2. The smallest absolute Gasteiger partial charge is 0.337 e. The van der Waals surface area contributed by atoms with E-state index in [1.165, 1.54) is 36.9 Å². The Kier molecular flexibility index (Phi) is 9.37. The van der Waals surface area contributed by atoms with Crippen molar-refractivity contribution in [2.75, 3.05) is 24.4 Å². The topological polar surface area (TPSA) is 120 Å². The van der Waals surface area contributed by atoms with E-state index in [-0.39, 0.29) is 18.7 Å². The molecule has 0 saturated heterocycles. The molecule has 0 unspecified atom stereocenters. The van der Waals surface area contributed by atoms with Crippen molar-refractivity contribution >= 4 is 35.1 Å². The molecule has 192 valence electrons. The summed E-state index contributed by atoms with van der Waals surface area (Å²) in [6.07, 6.45) is -0.281. The van der Waals surface area contributed by atoms with Crippen molar-refractivity contribution in [1.29, 1.82) is 0 Å². The molecule has 0 aromatic heterocycles. The van der Waals surface area contributed by atoms with Crippen LogP contribution in [0.15, 0.2) is 66.7 Å². The Bertz CT molecular complexity index is 1270. The van der Waals surface area contributed by atoms with E-state index in [1.54, 1.807) is 24.3 Å². The zero-order chi connectivity index (χ0) is 26.8. The van der Waals surface area contributed by atoms with Crippen LogP contribution < -0.4 is 15.4 Å². The number of carbonyl (C=O) groups excluding carboxylic acids is 4. The van der Waals surface area contributed by atoms with E-state index in [9.17, 15) is 19.2 Å². The van der Waals surface area contributed by atoms with Crippen LogP contribution in [0.1, 0.15) is 34.3 Å². The van der Waals surface area contributed by atoms with Gasteiger partial charge in [-0.05, 0) is 85.6 Å². The van der Waals surface area contributed by atoms with Gasteiger partial charge in [-0.1, -0.05) is 6.07 Å². The molecule has 0 aliphatic rings. The molecular weight excluding hydrogens is 476 g/mol. The maximum absolute atomic E-state index is 12.2. The number of ether oxygens (including phenoxy) is 3. The van der Waals surface area contributed by atoms with E-state index in [4.69, 9.17) is 9.47 Å². The van der Waals surface area contributed by atoms with E-state index in [0.29, 0.717) is 22.7 Å². The molecular formula is C28H28N2O7. The molecule has 0 aliphatic heterocycles. The molecule has 37 heavy (non-hydrogen) atoms. The normalized spacial score (nSPS) is 10.2. The zero-order valence-electron chi connectivity index (χ0n) is 20.8. The fraction of sp³-hybridized carbons (Fsp3) is 0.214. The van der Waals surface area contributed by atoms with Gasteiger partial charge in [-0.25, -0.2) is 4.79 Å². The number of methoxy groups -OCH3 is 1. The molecule has 9 heteroatoms. The molecule has 0 bridgehead atoms. The molecule has 2 N–H and O–H groups in total. The first-order valence-electron chi connectivity index (χ1n) is 11.5. The third-order valence-corrected chi connectivity index (χ3v) is 5.36. The third-order valence-electron chi connectivity index (χ3n) is 5.36.